The maximum atomic E-state index is 11.6. The van der Waals surface area contributed by atoms with Gasteiger partial charge in [0.05, 0.1) is 18.2 Å². The number of ether oxygens (including phenoxy) is 2. The van der Waals surface area contributed by atoms with Crippen LogP contribution in [0.15, 0.2) is 24.3 Å². The molecule has 0 amide bonds. The number of benzene rings is 1. The highest BCUT2D eigenvalue weighted by molar-refractivity contribution is 5.72. The number of unbranched alkanes of at least 4 members (excludes halogenated alkanes) is 1. The molecule has 0 aliphatic carbocycles. The molecule has 0 aliphatic rings. The average Bonchev–Trinajstić information content (AvgIpc) is 2.50. The van der Waals surface area contributed by atoms with Crippen LogP contribution < -0.4 is 4.74 Å². The quantitative estimate of drug-likeness (QED) is 0.418. The molecule has 1 rings (SSSR count). The summed E-state index contributed by atoms with van der Waals surface area (Å²) in [4.78, 5) is 23.0. The third kappa shape index (κ3) is 7.44. The highest BCUT2D eigenvalue weighted by Crippen LogP contribution is 2.13. The monoisotopic (exact) mass is 303 g/mol. The molecule has 0 radical (unpaired) electrons. The van der Waals surface area contributed by atoms with Gasteiger partial charge in [-0.15, -0.1) is 0 Å². The van der Waals surface area contributed by atoms with Crippen LogP contribution >= 0.6 is 0 Å². The Bertz CT molecular complexity index is 529. The molecule has 22 heavy (non-hydrogen) atoms. The molecule has 1 aromatic rings. The minimum Gasteiger partial charge on any atom is -0.465 e. The molecule has 5 heteroatoms. The summed E-state index contributed by atoms with van der Waals surface area (Å²) in [6, 6.07) is 8.34. The van der Waals surface area contributed by atoms with Gasteiger partial charge in [-0.3, -0.25) is 9.59 Å². The van der Waals surface area contributed by atoms with Crippen LogP contribution in [0, 0.1) is 17.2 Å². The van der Waals surface area contributed by atoms with Crippen LogP contribution in [0.3, 0.4) is 0 Å². The molecule has 0 aromatic heterocycles. The number of rotatable bonds is 8. The predicted molar refractivity (Wildman–Crippen MR) is 81.1 cm³/mol. The average molecular weight is 303 g/mol. The largest absolute Gasteiger partial charge is 0.465 e. The maximum absolute atomic E-state index is 11.6. The van der Waals surface area contributed by atoms with Crippen LogP contribution in [0.25, 0.3) is 0 Å². The van der Waals surface area contributed by atoms with E-state index in [-0.39, 0.29) is 18.4 Å². The first-order valence-corrected chi connectivity index (χ1v) is 7.37. The van der Waals surface area contributed by atoms with E-state index < -0.39 is 0 Å². The molecule has 5 nitrogen and oxygen atoms in total. The Morgan fingerprint density at radius 3 is 2.23 bits per heavy atom. The third-order valence-corrected chi connectivity index (χ3v) is 2.80. The maximum Gasteiger partial charge on any atom is 0.311 e. The molecule has 0 bridgehead atoms. The van der Waals surface area contributed by atoms with Crippen molar-refractivity contribution in [1.82, 2.24) is 0 Å². The van der Waals surface area contributed by atoms with Gasteiger partial charge in [0.2, 0.25) is 0 Å². The van der Waals surface area contributed by atoms with E-state index in [0.29, 0.717) is 43.1 Å². The van der Waals surface area contributed by atoms with Crippen molar-refractivity contribution < 1.29 is 19.1 Å². The first-order valence-electron chi connectivity index (χ1n) is 7.37. The van der Waals surface area contributed by atoms with E-state index in [2.05, 4.69) is 0 Å². The summed E-state index contributed by atoms with van der Waals surface area (Å²) in [5, 5.41) is 8.67. The van der Waals surface area contributed by atoms with Crippen molar-refractivity contribution in [3.8, 4) is 11.8 Å². The molecule has 0 aliphatic heterocycles. The fourth-order valence-corrected chi connectivity index (χ4v) is 1.65. The van der Waals surface area contributed by atoms with Gasteiger partial charge in [-0.05, 0) is 43.0 Å². The van der Waals surface area contributed by atoms with Gasteiger partial charge in [-0.25, -0.2) is 0 Å². The van der Waals surface area contributed by atoms with E-state index in [1.807, 2.05) is 19.9 Å². The van der Waals surface area contributed by atoms with Crippen molar-refractivity contribution in [1.29, 1.82) is 5.26 Å². The topological polar surface area (TPSA) is 76.4 Å². The summed E-state index contributed by atoms with van der Waals surface area (Å²) < 4.78 is 10.2. The Hall–Kier alpha value is -2.35. The fourth-order valence-electron chi connectivity index (χ4n) is 1.65. The third-order valence-electron chi connectivity index (χ3n) is 2.80. The number of carbonyl (C=O) groups excluding carboxylic acids is 2. The lowest BCUT2D eigenvalue weighted by atomic mass is 10.2. The van der Waals surface area contributed by atoms with Crippen molar-refractivity contribution in [2.24, 2.45) is 5.92 Å². The molecule has 1 aromatic carbocycles. The SMILES string of the molecule is CC(C)COC(=O)CCCCC(=O)Oc1ccc(C#N)cc1. The summed E-state index contributed by atoms with van der Waals surface area (Å²) in [6.07, 6.45) is 1.74. The standard InChI is InChI=1S/C17H21NO4/c1-13(2)12-21-16(19)5-3-4-6-17(20)22-15-9-7-14(11-18)8-10-15/h7-10,13H,3-6,12H2,1-2H3. The normalized spacial score (nSPS) is 10.1. The first-order chi connectivity index (χ1) is 10.5. The molecule has 0 atom stereocenters. The number of hydrogen-bond donors (Lipinski definition) is 0. The van der Waals surface area contributed by atoms with Crippen LogP contribution in [0.2, 0.25) is 0 Å². The van der Waals surface area contributed by atoms with Crippen molar-refractivity contribution in [2.75, 3.05) is 6.61 Å². The fraction of sp³-hybridized carbons (Fsp3) is 0.471. The van der Waals surface area contributed by atoms with E-state index in [0.717, 1.165) is 0 Å². The van der Waals surface area contributed by atoms with Gasteiger partial charge in [0.25, 0.3) is 0 Å². The molecule has 0 saturated carbocycles. The summed E-state index contributed by atoms with van der Waals surface area (Å²) >= 11 is 0. The van der Waals surface area contributed by atoms with E-state index >= 15 is 0 Å². The molecular weight excluding hydrogens is 282 g/mol. The molecule has 0 saturated heterocycles. The molecular formula is C17H21NO4. The van der Waals surface area contributed by atoms with Crippen molar-refractivity contribution in [3.05, 3.63) is 29.8 Å². The highest BCUT2D eigenvalue weighted by atomic mass is 16.5. The van der Waals surface area contributed by atoms with Crippen LogP contribution in [0.5, 0.6) is 5.75 Å². The van der Waals surface area contributed by atoms with Gasteiger partial charge in [0.15, 0.2) is 0 Å². The van der Waals surface area contributed by atoms with Crippen LogP contribution in [0.4, 0.5) is 0 Å². The Balaban J connectivity index is 2.18. The van der Waals surface area contributed by atoms with Gasteiger partial charge < -0.3 is 9.47 Å². The lowest BCUT2D eigenvalue weighted by Crippen LogP contribution is -2.10. The van der Waals surface area contributed by atoms with Gasteiger partial charge in [-0.2, -0.15) is 5.26 Å². The molecule has 0 N–H and O–H groups in total. The van der Waals surface area contributed by atoms with Gasteiger partial charge in [0, 0.05) is 12.8 Å². The lowest BCUT2D eigenvalue weighted by Gasteiger charge is -2.07. The van der Waals surface area contributed by atoms with Crippen molar-refractivity contribution in [3.63, 3.8) is 0 Å². The number of hydrogen-bond acceptors (Lipinski definition) is 5. The van der Waals surface area contributed by atoms with Crippen molar-refractivity contribution in [2.45, 2.75) is 39.5 Å². The molecule has 118 valence electrons. The predicted octanol–water partition coefficient (Wildman–Crippen LogP) is 3.22. The summed E-state index contributed by atoms with van der Waals surface area (Å²) in [7, 11) is 0. The Morgan fingerprint density at radius 2 is 1.68 bits per heavy atom. The van der Waals surface area contributed by atoms with Gasteiger partial charge >= 0.3 is 11.9 Å². The van der Waals surface area contributed by atoms with Gasteiger partial charge in [-0.1, -0.05) is 13.8 Å². The second-order valence-corrected chi connectivity index (χ2v) is 5.39. The van der Waals surface area contributed by atoms with E-state index in [1.54, 1.807) is 24.3 Å². The second-order valence-electron chi connectivity index (χ2n) is 5.39. The molecule has 0 unspecified atom stereocenters. The molecule has 0 heterocycles. The molecule has 0 fully saturated rings. The van der Waals surface area contributed by atoms with Crippen LogP contribution in [-0.4, -0.2) is 18.5 Å². The van der Waals surface area contributed by atoms with E-state index in [9.17, 15) is 9.59 Å². The van der Waals surface area contributed by atoms with Gasteiger partial charge in [0.1, 0.15) is 5.75 Å². The number of nitrogens with zero attached hydrogens (tertiary/aromatic N) is 1. The Morgan fingerprint density at radius 1 is 1.09 bits per heavy atom. The second kappa shape index (κ2) is 9.56. The zero-order valence-electron chi connectivity index (χ0n) is 13.0. The number of nitriles is 1. The summed E-state index contributed by atoms with van der Waals surface area (Å²) in [5.74, 6) is 0.168. The summed E-state index contributed by atoms with van der Waals surface area (Å²) in [6.45, 7) is 4.39. The highest BCUT2D eigenvalue weighted by Gasteiger charge is 2.08. The summed E-state index contributed by atoms with van der Waals surface area (Å²) in [5.41, 5.74) is 0.514. The minimum absolute atomic E-state index is 0.228. The molecule has 0 spiro atoms. The van der Waals surface area contributed by atoms with Crippen LogP contribution in [-0.2, 0) is 14.3 Å². The Kier molecular flexibility index (Phi) is 7.69. The lowest BCUT2D eigenvalue weighted by molar-refractivity contribution is -0.145. The minimum atomic E-state index is -0.347. The van der Waals surface area contributed by atoms with E-state index in [1.165, 1.54) is 0 Å². The first kappa shape index (κ1) is 17.7. The van der Waals surface area contributed by atoms with E-state index in [4.69, 9.17) is 14.7 Å². The smallest absolute Gasteiger partial charge is 0.311 e. The Labute approximate surface area is 130 Å². The zero-order valence-corrected chi connectivity index (χ0v) is 13.0. The number of carbonyl (C=O) groups is 2. The van der Waals surface area contributed by atoms with Crippen molar-refractivity contribution >= 4 is 11.9 Å². The number of esters is 2. The van der Waals surface area contributed by atoms with Crippen LogP contribution in [0.1, 0.15) is 45.1 Å². The zero-order chi connectivity index (χ0) is 16.4.